The molecule has 0 bridgehead atoms. The first-order valence-corrected chi connectivity index (χ1v) is 12.8. The van der Waals surface area contributed by atoms with E-state index in [1.165, 1.54) is 11.0 Å². The standard InChI is InChI=1S/C28H38ClN3O6/c1-8-28(6,7)32(25(36)20(16-33)30-26(37)38-27(3,4)5)23(18-13-9-10-15-21(18)34)24(35)31-22-17(2)12-11-14-19(22)29/h9-15,20,23,33-34H,8,16H2,1-7H3,(H,30,37)(H,31,35). The van der Waals surface area contributed by atoms with Crippen LogP contribution in [0.1, 0.15) is 65.1 Å². The van der Waals surface area contributed by atoms with Crippen LogP contribution in [0.2, 0.25) is 5.02 Å². The minimum Gasteiger partial charge on any atom is -0.508 e. The minimum absolute atomic E-state index is 0.165. The lowest BCUT2D eigenvalue weighted by Crippen LogP contribution is -2.59. The smallest absolute Gasteiger partial charge is 0.408 e. The summed E-state index contributed by atoms with van der Waals surface area (Å²) in [5, 5.41) is 26.4. The van der Waals surface area contributed by atoms with Gasteiger partial charge >= 0.3 is 6.09 Å². The summed E-state index contributed by atoms with van der Waals surface area (Å²) in [5.41, 5.74) is -0.555. The molecule has 4 N–H and O–H groups in total. The van der Waals surface area contributed by atoms with Gasteiger partial charge in [0.05, 0.1) is 17.3 Å². The number of carbonyl (C=O) groups is 3. The Kier molecular flexibility index (Phi) is 10.2. The number of benzene rings is 2. The number of amides is 3. The highest BCUT2D eigenvalue weighted by atomic mass is 35.5. The van der Waals surface area contributed by atoms with Gasteiger partial charge < -0.3 is 30.5 Å². The number of aromatic hydroxyl groups is 1. The highest BCUT2D eigenvalue weighted by Gasteiger charge is 2.44. The summed E-state index contributed by atoms with van der Waals surface area (Å²) in [4.78, 5) is 41.7. The first-order valence-electron chi connectivity index (χ1n) is 12.4. The third kappa shape index (κ3) is 7.61. The fourth-order valence-corrected chi connectivity index (χ4v) is 4.12. The van der Waals surface area contributed by atoms with Crippen LogP contribution in [0, 0.1) is 6.92 Å². The highest BCUT2D eigenvalue weighted by molar-refractivity contribution is 6.34. The first-order chi connectivity index (χ1) is 17.6. The number of ether oxygens (including phenoxy) is 1. The number of hydrogen-bond donors (Lipinski definition) is 4. The van der Waals surface area contributed by atoms with Crippen molar-refractivity contribution in [3.05, 3.63) is 58.6 Å². The summed E-state index contributed by atoms with van der Waals surface area (Å²) in [6, 6.07) is 8.59. The molecule has 0 saturated heterocycles. The number of para-hydroxylation sites is 2. The van der Waals surface area contributed by atoms with E-state index in [2.05, 4.69) is 10.6 Å². The molecule has 2 atom stereocenters. The van der Waals surface area contributed by atoms with E-state index in [4.69, 9.17) is 16.3 Å². The van der Waals surface area contributed by atoms with Crippen LogP contribution in [0.3, 0.4) is 0 Å². The summed E-state index contributed by atoms with van der Waals surface area (Å²) >= 11 is 6.36. The van der Waals surface area contributed by atoms with Crippen molar-refractivity contribution in [3.8, 4) is 5.75 Å². The fourth-order valence-electron chi connectivity index (χ4n) is 3.85. The maximum Gasteiger partial charge on any atom is 0.408 e. The number of phenolic OH excluding ortho intramolecular Hbond substituents is 1. The Balaban J connectivity index is 2.64. The lowest BCUT2D eigenvalue weighted by Gasteiger charge is -2.44. The second-order valence-electron chi connectivity index (χ2n) is 10.6. The van der Waals surface area contributed by atoms with Crippen LogP contribution in [0.5, 0.6) is 5.75 Å². The van der Waals surface area contributed by atoms with E-state index in [-0.39, 0.29) is 11.3 Å². The number of carbonyl (C=O) groups excluding carboxylic acids is 3. The molecule has 208 valence electrons. The molecule has 0 spiro atoms. The Morgan fingerprint density at radius 3 is 2.21 bits per heavy atom. The summed E-state index contributed by atoms with van der Waals surface area (Å²) in [6.07, 6.45) is -0.486. The molecule has 0 heterocycles. The zero-order valence-electron chi connectivity index (χ0n) is 23.0. The highest BCUT2D eigenvalue weighted by Crippen LogP contribution is 2.37. The van der Waals surface area contributed by atoms with Gasteiger partial charge in [0, 0.05) is 11.1 Å². The van der Waals surface area contributed by atoms with Crippen molar-refractivity contribution in [2.75, 3.05) is 11.9 Å². The lowest BCUT2D eigenvalue weighted by molar-refractivity contribution is -0.148. The Hall–Kier alpha value is -3.30. The Morgan fingerprint density at radius 1 is 1.05 bits per heavy atom. The predicted octanol–water partition coefficient (Wildman–Crippen LogP) is 4.94. The van der Waals surface area contributed by atoms with E-state index in [0.29, 0.717) is 22.7 Å². The topological polar surface area (TPSA) is 128 Å². The van der Waals surface area contributed by atoms with Crippen molar-refractivity contribution in [2.45, 2.75) is 78.1 Å². The van der Waals surface area contributed by atoms with Crippen molar-refractivity contribution >= 4 is 35.2 Å². The van der Waals surface area contributed by atoms with E-state index < -0.39 is 47.7 Å². The van der Waals surface area contributed by atoms with Crippen LogP contribution in [-0.2, 0) is 14.3 Å². The maximum absolute atomic E-state index is 14.0. The minimum atomic E-state index is -1.42. The van der Waals surface area contributed by atoms with Crippen LogP contribution < -0.4 is 10.6 Å². The zero-order valence-corrected chi connectivity index (χ0v) is 23.7. The molecule has 0 aliphatic rings. The quantitative estimate of drug-likeness (QED) is 0.352. The molecule has 2 unspecified atom stereocenters. The van der Waals surface area contributed by atoms with Gasteiger partial charge in [-0.25, -0.2) is 4.79 Å². The van der Waals surface area contributed by atoms with E-state index in [1.54, 1.807) is 77.9 Å². The molecule has 38 heavy (non-hydrogen) atoms. The number of aliphatic hydroxyl groups is 1. The number of nitrogens with one attached hydrogen (secondary N) is 2. The molecule has 0 aliphatic carbocycles. The van der Waals surface area contributed by atoms with Crippen molar-refractivity contribution in [1.82, 2.24) is 10.2 Å². The average Bonchev–Trinajstić information content (AvgIpc) is 2.82. The van der Waals surface area contributed by atoms with Crippen LogP contribution in [0.25, 0.3) is 0 Å². The van der Waals surface area contributed by atoms with Gasteiger partial charge in [0.25, 0.3) is 5.91 Å². The molecule has 0 saturated carbocycles. The van der Waals surface area contributed by atoms with Gasteiger partial charge in [0.15, 0.2) is 0 Å². The molecule has 2 aromatic carbocycles. The number of alkyl carbamates (subject to hydrolysis) is 1. The molecule has 2 rings (SSSR count). The van der Waals surface area contributed by atoms with E-state index in [0.717, 1.165) is 0 Å². The Bertz CT molecular complexity index is 1140. The Morgan fingerprint density at radius 2 is 1.68 bits per heavy atom. The second-order valence-corrected chi connectivity index (χ2v) is 11.0. The maximum atomic E-state index is 14.0. The van der Waals surface area contributed by atoms with Gasteiger partial charge in [0.1, 0.15) is 23.4 Å². The van der Waals surface area contributed by atoms with Crippen molar-refractivity contribution < 1.29 is 29.3 Å². The first kappa shape index (κ1) is 30.9. The number of hydrogen-bond acceptors (Lipinski definition) is 6. The van der Waals surface area contributed by atoms with Gasteiger partial charge in [-0.3, -0.25) is 9.59 Å². The molecule has 0 aromatic heterocycles. The van der Waals surface area contributed by atoms with E-state index in [9.17, 15) is 24.6 Å². The molecule has 0 aliphatic heterocycles. The summed E-state index contributed by atoms with van der Waals surface area (Å²) in [5.74, 6) is -1.56. The molecule has 2 aromatic rings. The summed E-state index contributed by atoms with van der Waals surface area (Å²) in [7, 11) is 0. The lowest BCUT2D eigenvalue weighted by atomic mass is 9.91. The number of anilines is 1. The molecular formula is C28H38ClN3O6. The fraction of sp³-hybridized carbons (Fsp3) is 0.464. The van der Waals surface area contributed by atoms with Gasteiger partial charge in [-0.2, -0.15) is 0 Å². The van der Waals surface area contributed by atoms with Gasteiger partial charge in [-0.15, -0.1) is 0 Å². The third-order valence-electron chi connectivity index (χ3n) is 6.13. The average molecular weight is 548 g/mol. The summed E-state index contributed by atoms with van der Waals surface area (Å²) in [6.45, 7) is 11.4. The number of rotatable bonds is 9. The van der Waals surface area contributed by atoms with Gasteiger partial charge in [-0.1, -0.05) is 48.9 Å². The zero-order chi connectivity index (χ0) is 28.8. The second kappa shape index (κ2) is 12.5. The molecule has 3 amide bonds. The van der Waals surface area contributed by atoms with Crippen molar-refractivity contribution in [3.63, 3.8) is 0 Å². The number of aryl methyl sites for hydroxylation is 1. The molecular weight excluding hydrogens is 510 g/mol. The van der Waals surface area contributed by atoms with E-state index >= 15 is 0 Å². The Labute approximate surface area is 229 Å². The van der Waals surface area contributed by atoms with Crippen LogP contribution >= 0.6 is 11.6 Å². The van der Waals surface area contributed by atoms with Crippen LogP contribution in [0.15, 0.2) is 42.5 Å². The molecule has 9 nitrogen and oxygen atoms in total. The van der Waals surface area contributed by atoms with Crippen LogP contribution in [0.4, 0.5) is 10.5 Å². The predicted molar refractivity (Wildman–Crippen MR) is 147 cm³/mol. The number of nitrogens with zero attached hydrogens (tertiary/aromatic N) is 1. The monoisotopic (exact) mass is 547 g/mol. The van der Waals surface area contributed by atoms with Crippen molar-refractivity contribution in [2.24, 2.45) is 0 Å². The largest absolute Gasteiger partial charge is 0.508 e. The molecule has 0 radical (unpaired) electrons. The third-order valence-corrected chi connectivity index (χ3v) is 6.45. The normalized spacial score (nSPS) is 13.3. The number of phenols is 1. The van der Waals surface area contributed by atoms with Crippen molar-refractivity contribution in [1.29, 1.82) is 0 Å². The number of halogens is 1. The van der Waals surface area contributed by atoms with Gasteiger partial charge in [0.2, 0.25) is 5.91 Å². The van der Waals surface area contributed by atoms with Gasteiger partial charge in [-0.05, 0) is 65.7 Å². The van der Waals surface area contributed by atoms with Crippen LogP contribution in [-0.4, -0.2) is 56.8 Å². The molecule has 0 fully saturated rings. The SMILES string of the molecule is CCC(C)(C)N(C(=O)C(CO)NC(=O)OC(C)(C)C)C(C(=O)Nc1c(C)cccc1Cl)c1ccccc1O. The molecule has 10 heteroatoms. The van der Waals surface area contributed by atoms with E-state index in [1.807, 2.05) is 6.92 Å². The summed E-state index contributed by atoms with van der Waals surface area (Å²) < 4.78 is 5.26. The number of aliphatic hydroxyl groups excluding tert-OH is 1.